The summed E-state index contributed by atoms with van der Waals surface area (Å²) in [5.41, 5.74) is 1.12. The average molecular weight is 370 g/mol. The van der Waals surface area contributed by atoms with E-state index in [1.165, 1.54) is 0 Å². The molecule has 0 aromatic heterocycles. The number of hydrogen-bond acceptors (Lipinski definition) is 3. The second-order valence-electron chi connectivity index (χ2n) is 8.86. The van der Waals surface area contributed by atoms with Crippen LogP contribution in [-0.2, 0) is 11.3 Å². The van der Waals surface area contributed by atoms with Crippen molar-refractivity contribution in [3.05, 3.63) is 35.4 Å². The summed E-state index contributed by atoms with van der Waals surface area (Å²) in [6.45, 7) is 5.74. The van der Waals surface area contributed by atoms with Crippen LogP contribution >= 0.6 is 0 Å². The summed E-state index contributed by atoms with van der Waals surface area (Å²) in [6, 6.07) is 7.19. The molecule has 0 radical (unpaired) electrons. The molecule has 2 amide bonds. The van der Waals surface area contributed by atoms with Crippen molar-refractivity contribution in [2.24, 2.45) is 11.8 Å². The van der Waals surface area contributed by atoms with Gasteiger partial charge in [0.1, 0.15) is 6.04 Å². The maximum Gasteiger partial charge on any atom is 0.255 e. The molecule has 5 heteroatoms. The van der Waals surface area contributed by atoms with Gasteiger partial charge in [-0.25, -0.2) is 0 Å². The van der Waals surface area contributed by atoms with E-state index in [2.05, 4.69) is 0 Å². The fourth-order valence-electron chi connectivity index (χ4n) is 5.24. The number of carbonyl (C=O) groups excluding carboxylic acids is 2. The fourth-order valence-corrected chi connectivity index (χ4v) is 5.24. The molecule has 0 spiro atoms. The number of carbonyl (C=O) groups is 2. The van der Waals surface area contributed by atoms with Gasteiger partial charge in [-0.3, -0.25) is 9.59 Å². The molecule has 2 aliphatic heterocycles. The Morgan fingerprint density at radius 3 is 2.74 bits per heavy atom. The minimum Gasteiger partial charge on any atom is -0.389 e. The van der Waals surface area contributed by atoms with Gasteiger partial charge >= 0.3 is 0 Å². The van der Waals surface area contributed by atoms with E-state index in [-0.39, 0.29) is 23.7 Å². The smallest absolute Gasteiger partial charge is 0.255 e. The van der Waals surface area contributed by atoms with Gasteiger partial charge in [-0.1, -0.05) is 44.9 Å². The third kappa shape index (κ3) is 3.16. The molecule has 2 fully saturated rings. The molecule has 1 saturated heterocycles. The van der Waals surface area contributed by atoms with Crippen molar-refractivity contribution < 1.29 is 14.7 Å². The largest absolute Gasteiger partial charge is 0.389 e. The second-order valence-corrected chi connectivity index (χ2v) is 8.86. The Bertz CT molecular complexity index is 747. The van der Waals surface area contributed by atoms with Crippen LogP contribution in [0.4, 0.5) is 0 Å². The van der Waals surface area contributed by atoms with Crippen LogP contribution in [-0.4, -0.2) is 51.5 Å². The van der Waals surface area contributed by atoms with Crippen LogP contribution in [0.3, 0.4) is 0 Å². The molecule has 27 heavy (non-hydrogen) atoms. The van der Waals surface area contributed by atoms with Crippen LogP contribution in [0, 0.1) is 11.8 Å². The highest BCUT2D eigenvalue weighted by Gasteiger charge is 2.46. The van der Waals surface area contributed by atoms with Crippen molar-refractivity contribution in [2.45, 2.75) is 64.1 Å². The molecule has 1 aromatic carbocycles. The average Bonchev–Trinajstić information content (AvgIpc) is 2.97. The van der Waals surface area contributed by atoms with Gasteiger partial charge in [0, 0.05) is 31.1 Å². The van der Waals surface area contributed by atoms with Crippen LogP contribution in [0.5, 0.6) is 0 Å². The van der Waals surface area contributed by atoms with Gasteiger partial charge in [0.05, 0.1) is 5.60 Å². The van der Waals surface area contributed by atoms with E-state index >= 15 is 0 Å². The van der Waals surface area contributed by atoms with Gasteiger partial charge in [0.2, 0.25) is 5.91 Å². The number of benzene rings is 1. The van der Waals surface area contributed by atoms with Gasteiger partial charge in [-0.15, -0.1) is 0 Å². The van der Waals surface area contributed by atoms with Crippen molar-refractivity contribution in [1.29, 1.82) is 0 Å². The fraction of sp³-hybridized carbons (Fsp3) is 0.636. The Kier molecular flexibility index (Phi) is 4.75. The molecule has 4 rings (SSSR count). The maximum absolute atomic E-state index is 13.5. The van der Waals surface area contributed by atoms with Crippen molar-refractivity contribution in [3.63, 3.8) is 0 Å². The van der Waals surface area contributed by atoms with Gasteiger partial charge in [-0.2, -0.15) is 0 Å². The lowest BCUT2D eigenvalue weighted by atomic mass is 9.71. The quantitative estimate of drug-likeness (QED) is 0.890. The zero-order valence-electron chi connectivity index (χ0n) is 16.4. The van der Waals surface area contributed by atoms with Crippen LogP contribution in [0.1, 0.15) is 61.9 Å². The zero-order valence-corrected chi connectivity index (χ0v) is 16.4. The molecule has 1 aromatic rings. The lowest BCUT2D eigenvalue weighted by molar-refractivity contribution is -0.149. The van der Waals surface area contributed by atoms with Gasteiger partial charge in [0.25, 0.3) is 5.91 Å². The lowest BCUT2D eigenvalue weighted by Crippen LogP contribution is -2.59. The molecule has 0 unspecified atom stereocenters. The van der Waals surface area contributed by atoms with E-state index in [1.54, 1.807) is 4.90 Å². The number of nitrogens with zero attached hydrogens (tertiary/aromatic N) is 2. The Morgan fingerprint density at radius 1 is 1.22 bits per heavy atom. The van der Waals surface area contributed by atoms with Crippen LogP contribution in [0.25, 0.3) is 0 Å². The topological polar surface area (TPSA) is 60.9 Å². The molecule has 146 valence electrons. The van der Waals surface area contributed by atoms with Crippen molar-refractivity contribution in [3.8, 4) is 0 Å². The van der Waals surface area contributed by atoms with Gasteiger partial charge < -0.3 is 14.9 Å². The van der Waals surface area contributed by atoms with Gasteiger partial charge in [0.15, 0.2) is 0 Å². The maximum atomic E-state index is 13.5. The van der Waals surface area contributed by atoms with Crippen molar-refractivity contribution in [2.75, 3.05) is 13.1 Å². The summed E-state index contributed by atoms with van der Waals surface area (Å²) in [7, 11) is 0. The Morgan fingerprint density at radius 2 is 2.00 bits per heavy atom. The van der Waals surface area contributed by atoms with E-state index in [0.717, 1.165) is 36.8 Å². The number of piperidine rings is 1. The molecule has 1 saturated carbocycles. The normalized spacial score (nSPS) is 28.9. The van der Waals surface area contributed by atoms with E-state index in [1.807, 2.05) is 43.0 Å². The molecule has 3 aliphatic rings. The number of likely N-dealkylation sites (tertiary alicyclic amines) is 1. The number of hydrogen-bond donors (Lipinski definition) is 1. The highest BCUT2D eigenvalue weighted by molar-refractivity contribution is 6.01. The predicted molar refractivity (Wildman–Crippen MR) is 103 cm³/mol. The molecule has 2 heterocycles. The lowest BCUT2D eigenvalue weighted by Gasteiger charge is -2.48. The van der Waals surface area contributed by atoms with Crippen LogP contribution in [0.2, 0.25) is 0 Å². The van der Waals surface area contributed by atoms with Crippen molar-refractivity contribution in [1.82, 2.24) is 9.80 Å². The minimum atomic E-state index is -0.595. The van der Waals surface area contributed by atoms with E-state index in [0.29, 0.717) is 26.1 Å². The molecular weight excluding hydrogens is 340 g/mol. The summed E-state index contributed by atoms with van der Waals surface area (Å²) in [5, 5.41) is 10.9. The number of amides is 2. The second kappa shape index (κ2) is 6.93. The first kappa shape index (κ1) is 18.5. The van der Waals surface area contributed by atoms with Gasteiger partial charge in [-0.05, 0) is 36.8 Å². The highest BCUT2D eigenvalue weighted by atomic mass is 16.3. The monoisotopic (exact) mass is 370 g/mol. The predicted octanol–water partition coefficient (Wildman–Crippen LogP) is 2.82. The van der Waals surface area contributed by atoms with E-state index in [9.17, 15) is 14.7 Å². The molecule has 5 nitrogen and oxygen atoms in total. The molecular formula is C22H30N2O3. The highest BCUT2D eigenvalue weighted by Crippen LogP contribution is 2.40. The first-order chi connectivity index (χ1) is 12.9. The van der Waals surface area contributed by atoms with E-state index in [4.69, 9.17) is 0 Å². The van der Waals surface area contributed by atoms with Crippen LogP contribution in [0.15, 0.2) is 24.3 Å². The van der Waals surface area contributed by atoms with Crippen molar-refractivity contribution >= 4 is 11.8 Å². The zero-order chi connectivity index (χ0) is 19.2. The SMILES string of the molecule is CC(C)[C@@H](C(=O)N1CC[C@]2(O)CCCC[C@@H]2C1)N1Cc2ccccc2C1=O. The molecule has 3 atom stereocenters. The standard InChI is InChI=1S/C22H30N2O3/c1-15(2)19(24-13-16-7-3-4-9-18(16)20(24)25)21(26)23-12-11-22(27)10-6-5-8-17(22)14-23/h3-4,7,9,15,17,19,27H,5-6,8,10-14H2,1-2H3/t17-,19+,22-/m1/s1. The van der Waals surface area contributed by atoms with E-state index < -0.39 is 11.6 Å². The third-order valence-corrected chi connectivity index (χ3v) is 6.81. The Balaban J connectivity index is 1.53. The first-order valence-corrected chi connectivity index (χ1v) is 10.3. The number of aliphatic hydroxyl groups is 1. The number of rotatable bonds is 3. The summed E-state index contributed by atoms with van der Waals surface area (Å²) in [4.78, 5) is 30.0. The minimum absolute atomic E-state index is 0.0381. The number of fused-ring (bicyclic) bond motifs is 2. The summed E-state index contributed by atoms with van der Waals surface area (Å²) < 4.78 is 0. The summed E-state index contributed by atoms with van der Waals surface area (Å²) in [6.07, 6.45) is 4.70. The molecule has 1 N–H and O–H groups in total. The molecule has 0 bridgehead atoms. The summed E-state index contributed by atoms with van der Waals surface area (Å²) in [5.74, 6) is 0.216. The Hall–Kier alpha value is -1.88. The first-order valence-electron chi connectivity index (χ1n) is 10.3. The van der Waals surface area contributed by atoms with Crippen LogP contribution < -0.4 is 0 Å². The third-order valence-electron chi connectivity index (χ3n) is 6.81. The Labute approximate surface area is 161 Å². The molecule has 1 aliphatic carbocycles. The summed E-state index contributed by atoms with van der Waals surface area (Å²) >= 11 is 0.